The van der Waals surface area contributed by atoms with Crippen molar-refractivity contribution in [1.82, 2.24) is 5.43 Å². The van der Waals surface area contributed by atoms with Gasteiger partial charge in [-0.25, -0.2) is 5.43 Å². The van der Waals surface area contributed by atoms with Gasteiger partial charge in [-0.3, -0.25) is 4.79 Å². The zero-order valence-corrected chi connectivity index (χ0v) is 14.6. The van der Waals surface area contributed by atoms with E-state index in [9.17, 15) is 4.79 Å². The zero-order valence-electron chi connectivity index (χ0n) is 12.2. The Morgan fingerprint density at radius 1 is 1.25 bits per heavy atom. The summed E-state index contributed by atoms with van der Waals surface area (Å²) in [6.45, 7) is 4.11. The minimum atomic E-state index is 0.00969. The number of hydrogen-bond acceptors (Lipinski definition) is 3. The van der Waals surface area contributed by atoms with Gasteiger partial charge in [0.05, 0.1) is 14.4 Å². The van der Waals surface area contributed by atoms with Crippen LogP contribution in [-0.2, 0) is 4.79 Å². The van der Waals surface area contributed by atoms with E-state index in [1.165, 1.54) is 25.7 Å². The van der Waals surface area contributed by atoms with E-state index in [4.69, 9.17) is 0 Å². The fourth-order valence-corrected chi connectivity index (χ4v) is 3.16. The summed E-state index contributed by atoms with van der Waals surface area (Å²) >= 11 is 5.03. The van der Waals surface area contributed by atoms with Gasteiger partial charge in [-0.2, -0.15) is 5.10 Å². The molecule has 0 aliphatic carbocycles. The van der Waals surface area contributed by atoms with Crippen molar-refractivity contribution in [2.24, 2.45) is 5.10 Å². The Kier molecular flexibility index (Phi) is 8.78. The van der Waals surface area contributed by atoms with Gasteiger partial charge in [-0.1, -0.05) is 39.0 Å². The van der Waals surface area contributed by atoms with Gasteiger partial charge in [0.1, 0.15) is 0 Å². The quantitative estimate of drug-likeness (QED) is 0.372. The van der Waals surface area contributed by atoms with Crippen molar-refractivity contribution < 1.29 is 4.79 Å². The number of unbranched alkanes of at least 4 members (excludes halogenated alkanes) is 5. The number of rotatable bonds is 9. The molecule has 0 saturated carbocycles. The average Bonchev–Trinajstić information content (AvgIpc) is 2.86. The number of halogens is 1. The molecule has 0 spiro atoms. The van der Waals surface area contributed by atoms with Crippen LogP contribution in [0.3, 0.4) is 0 Å². The number of carbonyl (C=O) groups is 1. The number of nitrogens with one attached hydrogen (secondary N) is 1. The maximum absolute atomic E-state index is 11.6. The maximum Gasteiger partial charge on any atom is 0.240 e. The molecule has 0 radical (unpaired) electrons. The van der Waals surface area contributed by atoms with Crippen molar-refractivity contribution in [3.63, 3.8) is 0 Å². The second-order valence-corrected chi connectivity index (χ2v) is 7.32. The molecule has 1 aromatic heterocycles. The van der Waals surface area contributed by atoms with Crippen LogP contribution in [0.5, 0.6) is 0 Å². The standard InChI is InChI=1S/C15H23BrN2OS/c1-3-4-5-6-7-8-9-15(19)18-17-12(2)13-10-11-14(16)20-13/h10-11H,3-9H2,1-2H3,(H,18,19)/b17-12+. The first-order chi connectivity index (χ1) is 9.63. The smallest absolute Gasteiger partial charge is 0.240 e. The third-order valence-corrected chi connectivity index (χ3v) is 4.77. The van der Waals surface area contributed by atoms with Crippen LogP contribution in [0.1, 0.15) is 63.7 Å². The molecule has 1 rings (SSSR count). The minimum absolute atomic E-state index is 0.00969. The number of nitrogens with zero attached hydrogens (tertiary/aromatic N) is 1. The van der Waals surface area contributed by atoms with E-state index < -0.39 is 0 Å². The Morgan fingerprint density at radius 3 is 2.60 bits per heavy atom. The van der Waals surface area contributed by atoms with E-state index in [1.54, 1.807) is 11.3 Å². The highest BCUT2D eigenvalue weighted by Gasteiger charge is 2.03. The van der Waals surface area contributed by atoms with Gasteiger partial charge in [-0.15, -0.1) is 11.3 Å². The van der Waals surface area contributed by atoms with Gasteiger partial charge >= 0.3 is 0 Å². The maximum atomic E-state index is 11.6. The van der Waals surface area contributed by atoms with Crippen LogP contribution in [-0.4, -0.2) is 11.6 Å². The lowest BCUT2D eigenvalue weighted by Crippen LogP contribution is -2.18. The highest BCUT2D eigenvalue weighted by molar-refractivity contribution is 9.11. The van der Waals surface area contributed by atoms with Gasteiger partial charge in [0.2, 0.25) is 5.91 Å². The first-order valence-corrected chi connectivity index (χ1v) is 8.83. The molecule has 0 aliphatic rings. The number of thiophene rings is 1. The Morgan fingerprint density at radius 2 is 1.95 bits per heavy atom. The summed E-state index contributed by atoms with van der Waals surface area (Å²) in [5.41, 5.74) is 3.48. The summed E-state index contributed by atoms with van der Waals surface area (Å²) in [7, 11) is 0. The first-order valence-electron chi connectivity index (χ1n) is 7.22. The van der Waals surface area contributed by atoms with Crippen LogP contribution in [0, 0.1) is 0 Å². The molecule has 112 valence electrons. The average molecular weight is 359 g/mol. The molecule has 0 saturated heterocycles. The summed E-state index contributed by atoms with van der Waals surface area (Å²) in [5, 5.41) is 4.14. The molecule has 3 nitrogen and oxygen atoms in total. The molecule has 1 aromatic rings. The first kappa shape index (κ1) is 17.4. The summed E-state index contributed by atoms with van der Waals surface area (Å²) in [5.74, 6) is 0.00969. The van der Waals surface area contributed by atoms with Gasteiger partial charge < -0.3 is 0 Å². The van der Waals surface area contributed by atoms with Crippen molar-refractivity contribution >= 4 is 38.9 Å². The van der Waals surface area contributed by atoms with Crippen molar-refractivity contribution in [3.05, 3.63) is 20.8 Å². The van der Waals surface area contributed by atoms with Crippen LogP contribution in [0.25, 0.3) is 0 Å². The number of hydrogen-bond donors (Lipinski definition) is 1. The lowest BCUT2D eigenvalue weighted by molar-refractivity contribution is -0.121. The summed E-state index contributed by atoms with van der Waals surface area (Å²) in [4.78, 5) is 12.7. The molecule has 0 unspecified atom stereocenters. The highest BCUT2D eigenvalue weighted by atomic mass is 79.9. The lowest BCUT2D eigenvalue weighted by atomic mass is 10.1. The molecule has 1 N–H and O–H groups in total. The normalized spacial score (nSPS) is 11.7. The summed E-state index contributed by atoms with van der Waals surface area (Å²) in [6.07, 6.45) is 7.72. The van der Waals surface area contributed by atoms with E-state index in [2.05, 4.69) is 33.4 Å². The fourth-order valence-electron chi connectivity index (χ4n) is 1.83. The van der Waals surface area contributed by atoms with Crippen LogP contribution in [0.15, 0.2) is 21.0 Å². The molecule has 5 heteroatoms. The monoisotopic (exact) mass is 358 g/mol. The van der Waals surface area contributed by atoms with Crippen LogP contribution < -0.4 is 5.43 Å². The molecule has 0 atom stereocenters. The van der Waals surface area contributed by atoms with E-state index in [0.29, 0.717) is 6.42 Å². The van der Waals surface area contributed by atoms with Crippen LogP contribution in [0.4, 0.5) is 0 Å². The Labute approximate surface area is 134 Å². The molecule has 20 heavy (non-hydrogen) atoms. The van der Waals surface area contributed by atoms with E-state index >= 15 is 0 Å². The number of carbonyl (C=O) groups excluding carboxylic acids is 1. The van der Waals surface area contributed by atoms with Gasteiger partial charge in [-0.05, 0) is 41.4 Å². The van der Waals surface area contributed by atoms with E-state index in [0.717, 1.165) is 27.2 Å². The Hall–Kier alpha value is -0.680. The van der Waals surface area contributed by atoms with Gasteiger partial charge in [0, 0.05) is 6.42 Å². The van der Waals surface area contributed by atoms with Crippen molar-refractivity contribution in [2.75, 3.05) is 0 Å². The molecular formula is C15H23BrN2OS. The second kappa shape index (κ2) is 10.1. The fraction of sp³-hybridized carbons (Fsp3) is 0.600. The van der Waals surface area contributed by atoms with Crippen LogP contribution >= 0.6 is 27.3 Å². The highest BCUT2D eigenvalue weighted by Crippen LogP contribution is 2.22. The lowest BCUT2D eigenvalue weighted by Gasteiger charge is -2.02. The number of amides is 1. The van der Waals surface area contributed by atoms with Crippen molar-refractivity contribution in [1.29, 1.82) is 0 Å². The van der Waals surface area contributed by atoms with Crippen molar-refractivity contribution in [2.45, 2.75) is 58.8 Å². The largest absolute Gasteiger partial charge is 0.273 e. The third kappa shape index (κ3) is 7.20. The molecule has 0 aliphatic heterocycles. The molecule has 0 bridgehead atoms. The molecule has 0 fully saturated rings. The topological polar surface area (TPSA) is 41.5 Å². The van der Waals surface area contributed by atoms with Crippen LogP contribution in [0.2, 0.25) is 0 Å². The van der Waals surface area contributed by atoms with E-state index in [1.807, 2.05) is 19.1 Å². The van der Waals surface area contributed by atoms with Gasteiger partial charge in [0.25, 0.3) is 0 Å². The zero-order chi connectivity index (χ0) is 14.8. The second-order valence-electron chi connectivity index (χ2n) is 4.85. The number of hydrazone groups is 1. The molecule has 0 aromatic carbocycles. The summed E-state index contributed by atoms with van der Waals surface area (Å²) < 4.78 is 1.07. The van der Waals surface area contributed by atoms with E-state index in [-0.39, 0.29) is 5.91 Å². The molecular weight excluding hydrogens is 336 g/mol. The third-order valence-electron chi connectivity index (χ3n) is 3.04. The van der Waals surface area contributed by atoms with Crippen molar-refractivity contribution in [3.8, 4) is 0 Å². The summed E-state index contributed by atoms with van der Waals surface area (Å²) in [6, 6.07) is 3.98. The SMILES string of the molecule is CCCCCCCCC(=O)N/N=C(\C)c1ccc(Br)s1. The molecule has 1 heterocycles. The minimum Gasteiger partial charge on any atom is -0.273 e. The Balaban J connectivity index is 2.19. The predicted octanol–water partition coefficient (Wildman–Crippen LogP) is 5.10. The molecule has 1 amide bonds. The van der Waals surface area contributed by atoms with Gasteiger partial charge in [0.15, 0.2) is 0 Å². The Bertz CT molecular complexity index is 443. The predicted molar refractivity (Wildman–Crippen MR) is 90.4 cm³/mol.